The number of carbonyl (C=O) groups excluding carboxylic acids is 1. The van der Waals surface area contributed by atoms with E-state index in [2.05, 4.69) is 5.32 Å². The summed E-state index contributed by atoms with van der Waals surface area (Å²) in [6.45, 7) is 5.01. The van der Waals surface area contributed by atoms with Crippen LogP contribution in [-0.2, 0) is 14.8 Å². The van der Waals surface area contributed by atoms with E-state index in [-0.39, 0.29) is 16.7 Å². The molecule has 0 aromatic heterocycles. The van der Waals surface area contributed by atoms with E-state index < -0.39 is 10.0 Å². The molecule has 1 N–H and O–H groups in total. The highest BCUT2D eigenvalue weighted by Gasteiger charge is 2.26. The van der Waals surface area contributed by atoms with Crippen LogP contribution in [0.15, 0.2) is 53.4 Å². The van der Waals surface area contributed by atoms with Crippen LogP contribution < -0.4 is 5.32 Å². The molecule has 2 aromatic carbocycles. The van der Waals surface area contributed by atoms with E-state index in [1.54, 1.807) is 22.5 Å². The highest BCUT2D eigenvalue weighted by Crippen LogP contribution is 2.26. The summed E-state index contributed by atoms with van der Waals surface area (Å²) in [5.74, 6) is -0.0336. The molecule has 6 heteroatoms. The van der Waals surface area contributed by atoms with Crippen LogP contribution in [0.4, 0.5) is 5.69 Å². The Morgan fingerprint density at radius 3 is 2.43 bits per heavy atom. The molecule has 0 saturated carbocycles. The summed E-state index contributed by atoms with van der Waals surface area (Å²) in [6, 6.07) is 14.9. The number of nitrogens with zero attached hydrogens (tertiary/aromatic N) is 1. The molecular weight excluding hydrogens is 372 g/mol. The van der Waals surface area contributed by atoms with E-state index >= 15 is 0 Å². The van der Waals surface area contributed by atoms with Gasteiger partial charge in [0.05, 0.1) is 4.90 Å². The van der Waals surface area contributed by atoms with Gasteiger partial charge in [-0.2, -0.15) is 4.31 Å². The standard InChI is InChI=1S/C22H28N2O3S/c1-17-11-12-20(28(26,27)24-13-7-4-8-14-24)16-21(17)23-22(25)15-18(2)19-9-5-3-6-10-19/h3,5-6,9-12,16,18H,4,7-8,13-15H2,1-2H3,(H,23,25). The first kappa shape index (κ1) is 20.6. The number of anilines is 1. The lowest BCUT2D eigenvalue weighted by Gasteiger charge is -2.26. The second kappa shape index (κ2) is 8.88. The highest BCUT2D eigenvalue weighted by atomic mass is 32.2. The maximum Gasteiger partial charge on any atom is 0.243 e. The molecule has 1 saturated heterocycles. The molecule has 0 bridgehead atoms. The molecule has 150 valence electrons. The number of nitrogens with one attached hydrogen (secondary N) is 1. The lowest BCUT2D eigenvalue weighted by atomic mass is 9.97. The molecule has 1 atom stereocenters. The molecule has 3 rings (SSSR count). The molecule has 1 aliphatic rings. The summed E-state index contributed by atoms with van der Waals surface area (Å²) >= 11 is 0. The average molecular weight is 401 g/mol. The van der Waals surface area contributed by atoms with Crippen molar-refractivity contribution < 1.29 is 13.2 Å². The van der Waals surface area contributed by atoms with E-state index in [4.69, 9.17) is 0 Å². The van der Waals surface area contributed by atoms with Gasteiger partial charge in [-0.1, -0.05) is 49.7 Å². The third-order valence-electron chi connectivity index (χ3n) is 5.30. The van der Waals surface area contributed by atoms with Crippen molar-refractivity contribution in [2.45, 2.75) is 50.3 Å². The fraction of sp³-hybridized carbons (Fsp3) is 0.409. The summed E-state index contributed by atoms with van der Waals surface area (Å²) in [5, 5.41) is 2.90. The Hall–Kier alpha value is -2.18. The predicted molar refractivity (Wildman–Crippen MR) is 112 cm³/mol. The first-order chi connectivity index (χ1) is 13.4. The summed E-state index contributed by atoms with van der Waals surface area (Å²) in [6.07, 6.45) is 3.20. The van der Waals surface area contributed by atoms with E-state index in [9.17, 15) is 13.2 Å². The van der Waals surface area contributed by atoms with Crippen LogP contribution in [0.3, 0.4) is 0 Å². The van der Waals surface area contributed by atoms with Gasteiger partial charge in [0.25, 0.3) is 0 Å². The Labute approximate surface area is 167 Å². The molecule has 1 aliphatic heterocycles. The normalized spacial score (nSPS) is 16.5. The molecule has 0 aliphatic carbocycles. The van der Waals surface area contributed by atoms with Crippen molar-refractivity contribution >= 4 is 21.6 Å². The molecule has 28 heavy (non-hydrogen) atoms. The van der Waals surface area contributed by atoms with Gasteiger partial charge in [0, 0.05) is 25.2 Å². The number of hydrogen-bond acceptors (Lipinski definition) is 3. The molecule has 2 aromatic rings. The van der Waals surface area contributed by atoms with Crippen molar-refractivity contribution in [1.82, 2.24) is 4.31 Å². The number of benzene rings is 2. The van der Waals surface area contributed by atoms with Crippen molar-refractivity contribution in [3.05, 3.63) is 59.7 Å². The lowest BCUT2D eigenvalue weighted by molar-refractivity contribution is -0.116. The number of aryl methyl sites for hydroxylation is 1. The molecule has 5 nitrogen and oxygen atoms in total. The Balaban J connectivity index is 1.73. The lowest BCUT2D eigenvalue weighted by Crippen LogP contribution is -2.35. The van der Waals surface area contributed by atoms with Crippen molar-refractivity contribution in [2.75, 3.05) is 18.4 Å². The van der Waals surface area contributed by atoms with Gasteiger partial charge in [0.1, 0.15) is 0 Å². The van der Waals surface area contributed by atoms with E-state index in [0.717, 1.165) is 30.4 Å². The first-order valence-electron chi connectivity index (χ1n) is 9.83. The van der Waals surface area contributed by atoms with Gasteiger partial charge in [-0.3, -0.25) is 4.79 Å². The Morgan fingerprint density at radius 2 is 1.75 bits per heavy atom. The number of rotatable bonds is 6. The maximum atomic E-state index is 12.9. The molecule has 1 unspecified atom stereocenters. The zero-order valence-electron chi connectivity index (χ0n) is 16.5. The van der Waals surface area contributed by atoms with Crippen molar-refractivity contribution in [1.29, 1.82) is 0 Å². The number of sulfonamides is 1. The van der Waals surface area contributed by atoms with Gasteiger partial charge in [0.2, 0.25) is 15.9 Å². The van der Waals surface area contributed by atoms with Crippen molar-refractivity contribution in [2.24, 2.45) is 0 Å². The van der Waals surface area contributed by atoms with Crippen LogP contribution in [0.5, 0.6) is 0 Å². The topological polar surface area (TPSA) is 66.5 Å². The zero-order chi connectivity index (χ0) is 20.1. The predicted octanol–water partition coefficient (Wildman–Crippen LogP) is 4.30. The summed E-state index contributed by atoms with van der Waals surface area (Å²) < 4.78 is 27.4. The number of amides is 1. The monoisotopic (exact) mass is 400 g/mol. The minimum Gasteiger partial charge on any atom is -0.326 e. The van der Waals surface area contributed by atoms with Crippen LogP contribution in [0.2, 0.25) is 0 Å². The second-order valence-electron chi connectivity index (χ2n) is 7.51. The van der Waals surface area contributed by atoms with Gasteiger partial charge in [-0.05, 0) is 48.9 Å². The smallest absolute Gasteiger partial charge is 0.243 e. The molecule has 0 spiro atoms. The van der Waals surface area contributed by atoms with Crippen LogP contribution in [0, 0.1) is 6.92 Å². The molecular formula is C22H28N2O3S. The zero-order valence-corrected chi connectivity index (χ0v) is 17.3. The van der Waals surface area contributed by atoms with Gasteiger partial charge in [-0.15, -0.1) is 0 Å². The minimum atomic E-state index is -3.52. The van der Waals surface area contributed by atoms with Gasteiger partial charge in [-0.25, -0.2) is 8.42 Å². The van der Waals surface area contributed by atoms with Crippen LogP contribution >= 0.6 is 0 Å². The molecule has 1 heterocycles. The fourth-order valence-electron chi connectivity index (χ4n) is 3.53. The van der Waals surface area contributed by atoms with Gasteiger partial charge >= 0.3 is 0 Å². The van der Waals surface area contributed by atoms with E-state index in [1.165, 1.54) is 0 Å². The van der Waals surface area contributed by atoms with Gasteiger partial charge in [0.15, 0.2) is 0 Å². The molecule has 1 amide bonds. The number of hydrogen-bond donors (Lipinski definition) is 1. The summed E-state index contributed by atoms with van der Waals surface area (Å²) in [4.78, 5) is 12.8. The fourth-order valence-corrected chi connectivity index (χ4v) is 5.07. The van der Waals surface area contributed by atoms with Crippen molar-refractivity contribution in [3.8, 4) is 0 Å². The van der Waals surface area contributed by atoms with Crippen LogP contribution in [-0.4, -0.2) is 31.7 Å². The van der Waals surface area contributed by atoms with Crippen LogP contribution in [0.25, 0.3) is 0 Å². The highest BCUT2D eigenvalue weighted by molar-refractivity contribution is 7.89. The Bertz CT molecular complexity index is 920. The minimum absolute atomic E-state index is 0.0850. The summed E-state index contributed by atoms with van der Waals surface area (Å²) in [5.41, 5.74) is 2.51. The summed E-state index contributed by atoms with van der Waals surface area (Å²) in [7, 11) is -3.52. The maximum absolute atomic E-state index is 12.9. The van der Waals surface area contributed by atoms with E-state index in [0.29, 0.717) is 25.2 Å². The Morgan fingerprint density at radius 1 is 1.07 bits per heavy atom. The molecule has 0 radical (unpaired) electrons. The third-order valence-corrected chi connectivity index (χ3v) is 7.19. The number of carbonyl (C=O) groups is 1. The van der Waals surface area contributed by atoms with Gasteiger partial charge < -0.3 is 5.32 Å². The van der Waals surface area contributed by atoms with Crippen LogP contribution in [0.1, 0.15) is 49.7 Å². The Kier molecular flexibility index (Phi) is 6.52. The first-order valence-corrected chi connectivity index (χ1v) is 11.3. The van der Waals surface area contributed by atoms with Crippen molar-refractivity contribution in [3.63, 3.8) is 0 Å². The SMILES string of the molecule is Cc1ccc(S(=O)(=O)N2CCCCC2)cc1NC(=O)CC(C)c1ccccc1. The molecule has 1 fully saturated rings. The number of piperidine rings is 1. The quantitative estimate of drug-likeness (QED) is 0.786. The second-order valence-corrected chi connectivity index (χ2v) is 9.44. The largest absolute Gasteiger partial charge is 0.326 e. The third kappa shape index (κ3) is 4.80. The average Bonchev–Trinajstić information content (AvgIpc) is 2.70. The van der Waals surface area contributed by atoms with E-state index in [1.807, 2.05) is 44.2 Å².